The van der Waals surface area contributed by atoms with Gasteiger partial charge < -0.3 is 0 Å². The van der Waals surface area contributed by atoms with Crippen molar-refractivity contribution in [2.45, 2.75) is 55.7 Å². The van der Waals surface area contributed by atoms with Crippen molar-refractivity contribution in [2.75, 3.05) is 6.54 Å². The van der Waals surface area contributed by atoms with Crippen LogP contribution in [0.2, 0.25) is 0 Å². The zero-order chi connectivity index (χ0) is 13.9. The van der Waals surface area contributed by atoms with E-state index >= 15 is 0 Å². The second kappa shape index (κ2) is 5.98. The van der Waals surface area contributed by atoms with Gasteiger partial charge in [0.15, 0.2) is 0 Å². The molecular weight excluding hydrogens is 252 g/mol. The maximum Gasteiger partial charge on any atom is 0.107 e. The van der Waals surface area contributed by atoms with Gasteiger partial charge in [0.25, 0.3) is 0 Å². The van der Waals surface area contributed by atoms with Crippen LogP contribution in [0, 0.1) is 25.2 Å². The summed E-state index contributed by atoms with van der Waals surface area (Å²) in [5.74, 6) is 0. The average molecular weight is 274 g/mol. The van der Waals surface area contributed by atoms with Crippen LogP contribution in [-0.4, -0.2) is 17.3 Å². The minimum Gasteiger partial charge on any atom is -0.300 e. The van der Waals surface area contributed by atoms with E-state index in [1.54, 1.807) is 0 Å². The van der Waals surface area contributed by atoms with Gasteiger partial charge in [-0.25, -0.2) is 0 Å². The van der Waals surface area contributed by atoms with Gasteiger partial charge in [0.1, 0.15) is 5.54 Å². The summed E-state index contributed by atoms with van der Waals surface area (Å²) in [6.07, 6.45) is 3.05. The topological polar surface area (TPSA) is 35.8 Å². The van der Waals surface area contributed by atoms with Gasteiger partial charge in [0.05, 0.1) is 6.07 Å². The summed E-state index contributed by atoms with van der Waals surface area (Å²) in [5.41, 5.74) is 2.38. The lowest BCUT2D eigenvalue weighted by molar-refractivity contribution is 0.436. The Morgan fingerprint density at radius 1 is 1.47 bits per heavy atom. The summed E-state index contributed by atoms with van der Waals surface area (Å²) in [7, 11) is 0. The maximum atomic E-state index is 9.40. The molecule has 102 valence electrons. The molecule has 2 unspecified atom stereocenters. The van der Waals surface area contributed by atoms with E-state index in [1.807, 2.05) is 11.8 Å². The van der Waals surface area contributed by atoms with Crippen molar-refractivity contribution >= 4 is 11.8 Å². The second-order valence-electron chi connectivity index (χ2n) is 5.48. The van der Waals surface area contributed by atoms with Crippen LogP contribution >= 0.6 is 11.8 Å². The van der Waals surface area contributed by atoms with Gasteiger partial charge in [-0.15, -0.1) is 11.8 Å². The molecule has 0 spiro atoms. The summed E-state index contributed by atoms with van der Waals surface area (Å²) < 4.78 is 0. The second-order valence-corrected chi connectivity index (χ2v) is 6.82. The largest absolute Gasteiger partial charge is 0.300 e. The van der Waals surface area contributed by atoms with Crippen LogP contribution in [0.1, 0.15) is 37.3 Å². The number of nitrogens with one attached hydrogen (secondary N) is 1. The fraction of sp³-hybridized carbons (Fsp3) is 0.562. The van der Waals surface area contributed by atoms with Gasteiger partial charge in [-0.05, 0) is 51.3 Å². The molecule has 1 saturated carbocycles. The molecule has 0 saturated heterocycles. The number of benzene rings is 1. The van der Waals surface area contributed by atoms with Crippen molar-refractivity contribution < 1.29 is 0 Å². The van der Waals surface area contributed by atoms with Crippen LogP contribution in [0.15, 0.2) is 23.1 Å². The Morgan fingerprint density at radius 3 is 2.89 bits per heavy atom. The molecule has 0 bridgehead atoms. The molecular formula is C16H22N2S. The fourth-order valence-electron chi connectivity index (χ4n) is 2.85. The van der Waals surface area contributed by atoms with Crippen molar-refractivity contribution in [1.82, 2.24) is 5.32 Å². The normalized spacial score (nSPS) is 26.3. The predicted molar refractivity (Wildman–Crippen MR) is 81.4 cm³/mol. The van der Waals surface area contributed by atoms with Crippen LogP contribution in [0.5, 0.6) is 0 Å². The Hall–Kier alpha value is -0.980. The summed E-state index contributed by atoms with van der Waals surface area (Å²) >= 11 is 1.94. The first-order chi connectivity index (χ1) is 9.08. The Labute approximate surface area is 120 Å². The molecule has 0 aliphatic heterocycles. The Kier molecular flexibility index (Phi) is 4.54. The first-order valence-electron chi connectivity index (χ1n) is 6.99. The lowest BCUT2D eigenvalue weighted by Gasteiger charge is -2.21. The minimum atomic E-state index is -0.287. The van der Waals surface area contributed by atoms with E-state index < -0.39 is 0 Å². The van der Waals surface area contributed by atoms with Gasteiger partial charge in [-0.1, -0.05) is 24.6 Å². The van der Waals surface area contributed by atoms with Gasteiger partial charge >= 0.3 is 0 Å². The summed E-state index contributed by atoms with van der Waals surface area (Å²) in [5, 5.41) is 13.3. The molecule has 0 heterocycles. The summed E-state index contributed by atoms with van der Waals surface area (Å²) in [6.45, 7) is 7.24. The van der Waals surface area contributed by atoms with Gasteiger partial charge in [-0.3, -0.25) is 5.32 Å². The third-order valence-corrected chi connectivity index (χ3v) is 5.27. The fourth-order valence-corrected chi connectivity index (χ4v) is 4.21. The number of hydrogen-bond acceptors (Lipinski definition) is 3. The molecule has 19 heavy (non-hydrogen) atoms. The first kappa shape index (κ1) is 14.4. The number of hydrogen-bond donors (Lipinski definition) is 1. The van der Waals surface area contributed by atoms with Crippen molar-refractivity contribution in [1.29, 1.82) is 5.26 Å². The molecule has 2 atom stereocenters. The number of aryl methyl sites for hydroxylation is 2. The zero-order valence-electron chi connectivity index (χ0n) is 12.0. The Morgan fingerprint density at radius 2 is 2.26 bits per heavy atom. The first-order valence-corrected chi connectivity index (χ1v) is 7.87. The SMILES string of the molecule is CCNC1(C#N)CCC(Sc2ccc(C)cc2C)C1. The van der Waals surface area contributed by atoms with Gasteiger partial charge in [0, 0.05) is 10.1 Å². The molecule has 1 fully saturated rings. The smallest absolute Gasteiger partial charge is 0.107 e. The lowest BCUT2D eigenvalue weighted by Crippen LogP contribution is -2.41. The predicted octanol–water partition coefficient (Wildman–Crippen LogP) is 3.82. The van der Waals surface area contributed by atoms with Crippen LogP contribution in [-0.2, 0) is 0 Å². The number of nitriles is 1. The van der Waals surface area contributed by atoms with Crippen molar-refractivity contribution in [3.05, 3.63) is 29.3 Å². The van der Waals surface area contributed by atoms with E-state index in [1.165, 1.54) is 16.0 Å². The Balaban J connectivity index is 2.04. The van der Waals surface area contributed by atoms with E-state index in [0.29, 0.717) is 5.25 Å². The van der Waals surface area contributed by atoms with Crippen LogP contribution in [0.3, 0.4) is 0 Å². The molecule has 0 aromatic heterocycles. The molecule has 1 aliphatic carbocycles. The lowest BCUT2D eigenvalue weighted by atomic mass is 10.0. The van der Waals surface area contributed by atoms with E-state index in [2.05, 4.69) is 50.4 Å². The molecule has 2 nitrogen and oxygen atoms in total. The zero-order valence-corrected chi connectivity index (χ0v) is 12.8. The van der Waals surface area contributed by atoms with E-state index in [9.17, 15) is 5.26 Å². The molecule has 3 heteroatoms. The Bertz CT molecular complexity index is 492. The monoisotopic (exact) mass is 274 g/mol. The standard InChI is InChI=1S/C16H22N2S/c1-4-18-16(11-17)8-7-14(10-16)19-15-6-5-12(2)9-13(15)3/h5-6,9,14,18H,4,7-8,10H2,1-3H3. The number of rotatable bonds is 4. The third kappa shape index (κ3) is 3.32. The molecule has 1 aromatic carbocycles. The van der Waals surface area contributed by atoms with Crippen LogP contribution < -0.4 is 5.32 Å². The van der Waals surface area contributed by atoms with Crippen LogP contribution in [0.25, 0.3) is 0 Å². The highest BCUT2D eigenvalue weighted by molar-refractivity contribution is 8.00. The number of nitrogens with zero attached hydrogens (tertiary/aromatic N) is 1. The summed E-state index contributed by atoms with van der Waals surface area (Å²) in [6, 6.07) is 9.12. The molecule has 2 rings (SSSR count). The average Bonchev–Trinajstić information content (AvgIpc) is 2.77. The van der Waals surface area contributed by atoms with Crippen molar-refractivity contribution in [3.63, 3.8) is 0 Å². The maximum absolute atomic E-state index is 9.40. The highest BCUT2D eigenvalue weighted by Gasteiger charge is 2.39. The number of thioether (sulfide) groups is 1. The highest BCUT2D eigenvalue weighted by Crippen LogP contribution is 2.40. The van der Waals surface area contributed by atoms with Crippen molar-refractivity contribution in [3.8, 4) is 6.07 Å². The molecule has 1 N–H and O–H groups in total. The molecule has 1 aliphatic rings. The molecule has 1 aromatic rings. The van der Waals surface area contributed by atoms with Gasteiger partial charge in [0.2, 0.25) is 0 Å². The quantitative estimate of drug-likeness (QED) is 0.906. The van der Waals surface area contributed by atoms with Crippen molar-refractivity contribution in [2.24, 2.45) is 0 Å². The van der Waals surface area contributed by atoms with E-state index in [-0.39, 0.29) is 5.54 Å². The van der Waals surface area contributed by atoms with E-state index in [4.69, 9.17) is 0 Å². The summed E-state index contributed by atoms with van der Waals surface area (Å²) in [4.78, 5) is 1.36. The van der Waals surface area contributed by atoms with Crippen LogP contribution in [0.4, 0.5) is 0 Å². The molecule has 0 amide bonds. The minimum absolute atomic E-state index is 0.287. The highest BCUT2D eigenvalue weighted by atomic mass is 32.2. The molecule has 0 radical (unpaired) electrons. The van der Waals surface area contributed by atoms with E-state index in [0.717, 1.165) is 25.8 Å². The van der Waals surface area contributed by atoms with Gasteiger partial charge in [-0.2, -0.15) is 5.26 Å². The third-order valence-electron chi connectivity index (χ3n) is 3.82.